The molecule has 0 aliphatic carbocycles. The molecule has 0 aromatic heterocycles. The first kappa shape index (κ1) is 23.7. The third kappa shape index (κ3) is 10.6. The lowest BCUT2D eigenvalue weighted by Gasteiger charge is -2.18. The highest BCUT2D eigenvalue weighted by Crippen LogP contribution is 2.25. The monoisotopic (exact) mass is 374 g/mol. The summed E-state index contributed by atoms with van der Waals surface area (Å²) >= 11 is 0. The zero-order valence-corrected chi connectivity index (χ0v) is 18.4. The van der Waals surface area contributed by atoms with E-state index in [0.29, 0.717) is 5.41 Å². The quantitative estimate of drug-likeness (QED) is 0.364. The van der Waals surface area contributed by atoms with Crippen LogP contribution >= 0.6 is 0 Å². The van der Waals surface area contributed by atoms with Crippen LogP contribution in [0.25, 0.3) is 0 Å². The highest BCUT2D eigenvalue weighted by Gasteiger charge is 2.25. The maximum atomic E-state index is 11.2. The second-order valence-corrected chi connectivity index (χ2v) is 9.99. The molecule has 0 aliphatic rings. The van der Waals surface area contributed by atoms with Crippen LogP contribution in [-0.4, -0.2) is 11.1 Å². The molecular weight excluding hydrogens is 332 g/mol. The lowest BCUT2D eigenvalue weighted by Crippen LogP contribution is -2.23. The van der Waals surface area contributed by atoms with E-state index in [9.17, 15) is 9.90 Å². The highest BCUT2D eigenvalue weighted by atomic mass is 16.4. The summed E-state index contributed by atoms with van der Waals surface area (Å²) in [5, 5.41) is 9.19. The van der Waals surface area contributed by atoms with Gasteiger partial charge in [-0.1, -0.05) is 77.1 Å². The van der Waals surface area contributed by atoms with Gasteiger partial charge in [0.2, 0.25) is 0 Å². The van der Waals surface area contributed by atoms with E-state index in [1.54, 1.807) is 0 Å². The second kappa shape index (κ2) is 11.5. The van der Waals surface area contributed by atoms with Gasteiger partial charge in [0, 0.05) is 0 Å². The number of aliphatic carboxylic acids is 1. The zero-order chi connectivity index (χ0) is 20.3. The van der Waals surface area contributed by atoms with Crippen LogP contribution in [0.5, 0.6) is 0 Å². The van der Waals surface area contributed by atoms with E-state index in [1.165, 1.54) is 49.7 Å². The van der Waals surface area contributed by atoms with Crippen LogP contribution in [0, 0.1) is 10.8 Å². The van der Waals surface area contributed by atoms with Crippen molar-refractivity contribution in [3.8, 4) is 0 Å². The van der Waals surface area contributed by atoms with Gasteiger partial charge in [-0.05, 0) is 68.9 Å². The van der Waals surface area contributed by atoms with Crippen LogP contribution in [0.4, 0.5) is 0 Å². The maximum Gasteiger partial charge on any atom is 0.309 e. The number of hydrogen-bond acceptors (Lipinski definition) is 1. The first-order chi connectivity index (χ1) is 12.6. The average molecular weight is 375 g/mol. The van der Waals surface area contributed by atoms with E-state index in [1.807, 2.05) is 13.8 Å². The fourth-order valence-corrected chi connectivity index (χ4v) is 3.54. The summed E-state index contributed by atoms with van der Waals surface area (Å²) in [6.45, 7) is 10.6. The van der Waals surface area contributed by atoms with Crippen LogP contribution in [0.2, 0.25) is 0 Å². The summed E-state index contributed by atoms with van der Waals surface area (Å²) in [5.74, 6) is -0.685. The number of benzene rings is 1. The van der Waals surface area contributed by atoms with Gasteiger partial charge < -0.3 is 5.11 Å². The van der Waals surface area contributed by atoms with Crippen LogP contribution in [0.15, 0.2) is 24.3 Å². The molecule has 154 valence electrons. The van der Waals surface area contributed by atoms with Crippen molar-refractivity contribution in [3.05, 3.63) is 35.4 Å². The fourth-order valence-electron chi connectivity index (χ4n) is 3.54. The molecule has 0 atom stereocenters. The van der Waals surface area contributed by atoms with E-state index >= 15 is 0 Å². The number of carboxylic acids is 1. The standard InChI is InChI=1S/C25H42O2/c1-24(2,3)19-13-7-6-9-15-21-17-11-12-18-22(21)16-10-8-14-20-25(4,5)23(26)27/h11-12,17-18H,6-10,13-16,19-20H2,1-5H3,(H,26,27). The molecule has 1 aromatic rings. The first-order valence-corrected chi connectivity index (χ1v) is 10.9. The van der Waals surface area contributed by atoms with Crippen LogP contribution < -0.4 is 0 Å². The zero-order valence-electron chi connectivity index (χ0n) is 18.4. The van der Waals surface area contributed by atoms with Crippen molar-refractivity contribution >= 4 is 5.97 Å². The normalized spacial score (nSPS) is 12.3. The van der Waals surface area contributed by atoms with Gasteiger partial charge in [0.1, 0.15) is 0 Å². The molecule has 2 heteroatoms. The van der Waals surface area contributed by atoms with E-state index in [0.717, 1.165) is 32.1 Å². The summed E-state index contributed by atoms with van der Waals surface area (Å²) in [6.07, 6.45) is 13.0. The third-order valence-electron chi connectivity index (χ3n) is 5.57. The Morgan fingerprint density at radius 1 is 0.741 bits per heavy atom. The van der Waals surface area contributed by atoms with Gasteiger partial charge in [-0.15, -0.1) is 0 Å². The van der Waals surface area contributed by atoms with Crippen molar-refractivity contribution in [2.75, 3.05) is 0 Å². The molecular formula is C25H42O2. The summed E-state index contributed by atoms with van der Waals surface area (Å²) in [7, 11) is 0. The summed E-state index contributed by atoms with van der Waals surface area (Å²) in [6, 6.07) is 8.87. The Morgan fingerprint density at radius 2 is 1.19 bits per heavy atom. The van der Waals surface area contributed by atoms with Gasteiger partial charge in [-0.2, -0.15) is 0 Å². The minimum absolute atomic E-state index is 0.465. The van der Waals surface area contributed by atoms with Gasteiger partial charge >= 0.3 is 5.97 Å². The van der Waals surface area contributed by atoms with Gasteiger partial charge in [0.25, 0.3) is 0 Å². The van der Waals surface area contributed by atoms with E-state index in [2.05, 4.69) is 45.0 Å². The Hall–Kier alpha value is -1.31. The molecule has 0 amide bonds. The van der Waals surface area contributed by atoms with Crippen molar-refractivity contribution in [3.63, 3.8) is 0 Å². The van der Waals surface area contributed by atoms with Gasteiger partial charge in [-0.3, -0.25) is 4.79 Å². The minimum Gasteiger partial charge on any atom is -0.481 e. The lowest BCUT2D eigenvalue weighted by atomic mass is 9.87. The van der Waals surface area contributed by atoms with Gasteiger partial charge in [0.05, 0.1) is 5.41 Å². The lowest BCUT2D eigenvalue weighted by molar-refractivity contribution is -0.147. The number of rotatable bonds is 13. The fraction of sp³-hybridized carbons (Fsp3) is 0.720. The molecule has 0 aliphatic heterocycles. The predicted molar refractivity (Wildman–Crippen MR) is 116 cm³/mol. The molecule has 1 N–H and O–H groups in total. The molecule has 0 heterocycles. The van der Waals surface area contributed by atoms with Crippen LogP contribution in [0.3, 0.4) is 0 Å². The van der Waals surface area contributed by atoms with Crippen molar-refractivity contribution < 1.29 is 9.90 Å². The van der Waals surface area contributed by atoms with Crippen LogP contribution in [0.1, 0.15) is 104 Å². The Kier molecular flexibility index (Phi) is 10.1. The van der Waals surface area contributed by atoms with E-state index in [4.69, 9.17) is 0 Å². The number of unbranched alkanes of at least 4 members (excludes halogenated alkanes) is 5. The van der Waals surface area contributed by atoms with E-state index in [-0.39, 0.29) is 0 Å². The van der Waals surface area contributed by atoms with Crippen molar-refractivity contribution in [2.45, 2.75) is 105 Å². The highest BCUT2D eigenvalue weighted by molar-refractivity contribution is 5.73. The molecule has 1 rings (SSSR count). The number of carboxylic acid groups (broad SMARTS) is 1. The molecule has 0 saturated heterocycles. The number of aryl methyl sites for hydroxylation is 2. The largest absolute Gasteiger partial charge is 0.481 e. The van der Waals surface area contributed by atoms with Gasteiger partial charge in [-0.25, -0.2) is 0 Å². The number of carbonyl (C=O) groups is 1. The molecule has 2 nitrogen and oxygen atoms in total. The smallest absolute Gasteiger partial charge is 0.309 e. The Balaban J connectivity index is 2.28. The van der Waals surface area contributed by atoms with Gasteiger partial charge in [0.15, 0.2) is 0 Å². The second-order valence-electron chi connectivity index (χ2n) is 9.99. The third-order valence-corrected chi connectivity index (χ3v) is 5.57. The minimum atomic E-state index is -0.685. The molecule has 0 unspecified atom stereocenters. The molecule has 27 heavy (non-hydrogen) atoms. The summed E-state index contributed by atoms with van der Waals surface area (Å²) < 4.78 is 0. The SMILES string of the molecule is CC(C)(C)CCCCCCc1ccccc1CCCCCC(C)(C)C(=O)O. The molecule has 0 spiro atoms. The maximum absolute atomic E-state index is 11.2. The number of hydrogen-bond donors (Lipinski definition) is 1. The van der Waals surface area contributed by atoms with Crippen molar-refractivity contribution in [2.24, 2.45) is 10.8 Å². The van der Waals surface area contributed by atoms with Crippen LogP contribution in [-0.2, 0) is 17.6 Å². The first-order valence-electron chi connectivity index (χ1n) is 10.9. The average Bonchev–Trinajstić information content (AvgIpc) is 2.57. The van der Waals surface area contributed by atoms with E-state index < -0.39 is 11.4 Å². The summed E-state index contributed by atoms with van der Waals surface area (Å²) in [4.78, 5) is 11.2. The Bertz CT molecular complexity index is 552. The van der Waals surface area contributed by atoms with Crippen molar-refractivity contribution in [1.29, 1.82) is 0 Å². The topological polar surface area (TPSA) is 37.3 Å². The molecule has 1 aromatic carbocycles. The predicted octanol–water partition coefficient (Wildman–Crippen LogP) is 7.44. The molecule has 0 radical (unpaired) electrons. The Morgan fingerprint density at radius 3 is 1.67 bits per heavy atom. The summed E-state index contributed by atoms with van der Waals surface area (Å²) in [5.41, 5.74) is 2.88. The molecule has 0 saturated carbocycles. The molecule has 0 bridgehead atoms. The molecule has 0 fully saturated rings. The Labute approximate surface area is 167 Å². The van der Waals surface area contributed by atoms with Crippen molar-refractivity contribution in [1.82, 2.24) is 0 Å².